The first-order valence-corrected chi connectivity index (χ1v) is 8.98. The number of rotatable bonds is 4. The molecule has 1 atom stereocenters. The van der Waals surface area contributed by atoms with Gasteiger partial charge in [-0.25, -0.2) is 13.1 Å². The summed E-state index contributed by atoms with van der Waals surface area (Å²) < 4.78 is 24.6. The van der Waals surface area contributed by atoms with Crippen LogP contribution in [0.15, 0.2) is 42.7 Å². The molecule has 0 aliphatic rings. The lowest BCUT2D eigenvalue weighted by molar-refractivity contribution is 0.548. The predicted molar refractivity (Wildman–Crippen MR) is 84.2 cm³/mol. The molecule has 2 rings (SSSR count). The van der Waals surface area contributed by atoms with E-state index in [2.05, 4.69) is 21.0 Å². The van der Waals surface area contributed by atoms with Gasteiger partial charge in [0.15, 0.2) is 9.84 Å². The highest BCUT2D eigenvalue weighted by atomic mass is 79.9. The quantitative estimate of drug-likeness (QED) is 0.790. The lowest BCUT2D eigenvalue weighted by Gasteiger charge is -2.27. The molecule has 0 bridgehead atoms. The van der Waals surface area contributed by atoms with E-state index in [-0.39, 0.29) is 4.83 Å². The Kier molecular flexibility index (Phi) is 4.07. The van der Waals surface area contributed by atoms with Gasteiger partial charge < -0.3 is 0 Å². The minimum atomic E-state index is -3.19. The Morgan fingerprint density at radius 3 is 2.40 bits per heavy atom. The van der Waals surface area contributed by atoms with E-state index in [0.29, 0.717) is 0 Å². The Morgan fingerprint density at radius 2 is 1.85 bits per heavy atom. The summed E-state index contributed by atoms with van der Waals surface area (Å²) in [4.78, 5) is -0.317. The fourth-order valence-electron chi connectivity index (χ4n) is 1.78. The van der Waals surface area contributed by atoms with Crippen LogP contribution < -0.4 is 0 Å². The van der Waals surface area contributed by atoms with Crippen molar-refractivity contribution >= 4 is 25.8 Å². The SMILES string of the molecule is CC(C)(C(Br)c1cnn(-c2ccccc2)c1)S(C)(=O)=O. The van der Waals surface area contributed by atoms with Crippen molar-refractivity contribution in [2.45, 2.75) is 23.4 Å². The average Bonchev–Trinajstić information content (AvgIpc) is 2.87. The third-order valence-electron chi connectivity index (χ3n) is 3.48. The topological polar surface area (TPSA) is 52.0 Å². The highest BCUT2D eigenvalue weighted by Crippen LogP contribution is 2.39. The van der Waals surface area contributed by atoms with Crippen LogP contribution in [0.2, 0.25) is 0 Å². The van der Waals surface area contributed by atoms with Crippen LogP contribution in [-0.2, 0) is 9.84 Å². The Morgan fingerprint density at radius 1 is 1.25 bits per heavy atom. The standard InChI is InChI=1S/C14H17BrN2O2S/c1-14(2,20(3,18)19)13(15)11-9-16-17(10-11)12-7-5-4-6-8-12/h4-10,13H,1-3H3. The molecule has 0 aliphatic heterocycles. The molecule has 0 aliphatic carbocycles. The molecule has 1 heterocycles. The van der Waals surface area contributed by atoms with Gasteiger partial charge in [-0.3, -0.25) is 0 Å². The van der Waals surface area contributed by atoms with E-state index in [0.717, 1.165) is 11.3 Å². The molecule has 0 amide bonds. The van der Waals surface area contributed by atoms with E-state index >= 15 is 0 Å². The number of halogens is 1. The van der Waals surface area contributed by atoms with Crippen LogP contribution in [0.5, 0.6) is 0 Å². The lowest BCUT2D eigenvalue weighted by atomic mass is 10.1. The van der Waals surface area contributed by atoms with E-state index < -0.39 is 14.6 Å². The maximum absolute atomic E-state index is 11.9. The van der Waals surface area contributed by atoms with Crippen molar-refractivity contribution in [1.29, 1.82) is 0 Å². The van der Waals surface area contributed by atoms with E-state index in [1.165, 1.54) is 6.26 Å². The smallest absolute Gasteiger partial charge is 0.154 e. The molecule has 0 saturated heterocycles. The Labute approximate surface area is 127 Å². The molecule has 0 spiro atoms. The Balaban J connectivity index is 2.35. The summed E-state index contributed by atoms with van der Waals surface area (Å²) in [7, 11) is -3.19. The number of sulfone groups is 1. The second-order valence-corrected chi connectivity index (χ2v) is 8.80. The van der Waals surface area contributed by atoms with Crippen LogP contribution in [0, 0.1) is 0 Å². The molecule has 1 aromatic heterocycles. The summed E-state index contributed by atoms with van der Waals surface area (Å²) in [5.41, 5.74) is 1.78. The summed E-state index contributed by atoms with van der Waals surface area (Å²) in [6, 6.07) is 9.70. The molecular formula is C14H17BrN2O2S. The van der Waals surface area contributed by atoms with Gasteiger partial charge in [0.1, 0.15) is 0 Å². The molecule has 1 aromatic carbocycles. The normalized spacial score (nSPS) is 14.2. The van der Waals surface area contributed by atoms with Gasteiger partial charge in [0.25, 0.3) is 0 Å². The summed E-state index contributed by atoms with van der Waals surface area (Å²) >= 11 is 3.50. The fourth-order valence-corrected chi connectivity index (χ4v) is 3.55. The Hall–Kier alpha value is -1.14. The summed E-state index contributed by atoms with van der Waals surface area (Å²) in [6.07, 6.45) is 4.80. The van der Waals surface area contributed by atoms with Gasteiger partial charge in [-0.05, 0) is 26.0 Å². The predicted octanol–water partition coefficient (Wildman–Crippen LogP) is 3.13. The van der Waals surface area contributed by atoms with Crippen LogP contribution in [-0.4, -0.2) is 29.2 Å². The third-order valence-corrected chi connectivity index (χ3v) is 7.61. The molecule has 0 fully saturated rings. The second kappa shape index (κ2) is 5.33. The zero-order valence-corrected chi connectivity index (χ0v) is 14.0. The summed E-state index contributed by atoms with van der Waals surface area (Å²) in [5, 5.41) is 4.29. The van der Waals surface area contributed by atoms with Crippen molar-refractivity contribution in [2.24, 2.45) is 0 Å². The molecule has 2 aromatic rings. The van der Waals surface area contributed by atoms with Gasteiger partial charge in [0, 0.05) is 18.0 Å². The molecule has 0 saturated carbocycles. The van der Waals surface area contributed by atoms with E-state index in [1.54, 1.807) is 24.7 Å². The van der Waals surface area contributed by atoms with Crippen molar-refractivity contribution in [1.82, 2.24) is 9.78 Å². The summed E-state index contributed by atoms with van der Waals surface area (Å²) in [5.74, 6) is 0. The molecule has 20 heavy (non-hydrogen) atoms. The van der Waals surface area contributed by atoms with Crippen molar-refractivity contribution in [2.75, 3.05) is 6.26 Å². The van der Waals surface area contributed by atoms with Gasteiger partial charge in [-0.2, -0.15) is 5.10 Å². The highest BCUT2D eigenvalue weighted by molar-refractivity contribution is 9.09. The molecular weight excluding hydrogens is 340 g/mol. The first kappa shape index (κ1) is 15.3. The van der Waals surface area contributed by atoms with Crippen molar-refractivity contribution in [3.63, 3.8) is 0 Å². The molecule has 0 radical (unpaired) electrons. The van der Waals surface area contributed by atoms with Crippen LogP contribution in [0.4, 0.5) is 0 Å². The molecule has 6 heteroatoms. The van der Waals surface area contributed by atoms with Gasteiger partial charge in [0.05, 0.1) is 21.5 Å². The minimum absolute atomic E-state index is 0.317. The van der Waals surface area contributed by atoms with Crippen LogP contribution in [0.3, 0.4) is 0 Å². The number of aromatic nitrogens is 2. The number of hydrogen-bond acceptors (Lipinski definition) is 3. The number of para-hydroxylation sites is 1. The molecule has 108 valence electrons. The van der Waals surface area contributed by atoms with E-state index in [9.17, 15) is 8.42 Å². The number of hydrogen-bond donors (Lipinski definition) is 0. The first-order valence-electron chi connectivity index (χ1n) is 6.17. The monoisotopic (exact) mass is 356 g/mol. The summed E-state index contributed by atoms with van der Waals surface area (Å²) in [6.45, 7) is 3.42. The maximum atomic E-state index is 11.9. The second-order valence-electron chi connectivity index (χ2n) is 5.29. The van der Waals surface area contributed by atoms with Gasteiger partial charge in [-0.15, -0.1) is 0 Å². The highest BCUT2D eigenvalue weighted by Gasteiger charge is 2.39. The molecule has 1 unspecified atom stereocenters. The number of benzene rings is 1. The van der Waals surface area contributed by atoms with Crippen molar-refractivity contribution in [3.05, 3.63) is 48.3 Å². The van der Waals surface area contributed by atoms with Gasteiger partial charge in [0.2, 0.25) is 0 Å². The van der Waals surface area contributed by atoms with Crippen molar-refractivity contribution in [3.8, 4) is 5.69 Å². The number of nitrogens with zero attached hydrogens (tertiary/aromatic N) is 2. The molecule has 4 nitrogen and oxygen atoms in total. The van der Waals surface area contributed by atoms with Crippen LogP contribution >= 0.6 is 15.9 Å². The lowest BCUT2D eigenvalue weighted by Crippen LogP contribution is -2.35. The van der Waals surface area contributed by atoms with E-state index in [4.69, 9.17) is 0 Å². The van der Waals surface area contributed by atoms with Crippen LogP contribution in [0.1, 0.15) is 24.2 Å². The minimum Gasteiger partial charge on any atom is -0.241 e. The van der Waals surface area contributed by atoms with Gasteiger partial charge >= 0.3 is 0 Å². The first-order chi connectivity index (χ1) is 9.23. The third kappa shape index (κ3) is 2.81. The maximum Gasteiger partial charge on any atom is 0.154 e. The van der Waals surface area contributed by atoms with E-state index in [1.807, 2.05) is 36.5 Å². The average molecular weight is 357 g/mol. The zero-order chi connectivity index (χ0) is 15.0. The van der Waals surface area contributed by atoms with Gasteiger partial charge in [-0.1, -0.05) is 34.1 Å². The number of alkyl halides is 1. The fraction of sp³-hybridized carbons (Fsp3) is 0.357. The Bertz CT molecular complexity index is 693. The molecule has 0 N–H and O–H groups in total. The largest absolute Gasteiger partial charge is 0.241 e. The zero-order valence-electron chi connectivity index (χ0n) is 11.6. The van der Waals surface area contributed by atoms with Crippen LogP contribution in [0.25, 0.3) is 5.69 Å². The van der Waals surface area contributed by atoms with Crippen molar-refractivity contribution < 1.29 is 8.42 Å².